The van der Waals surface area contributed by atoms with Crippen molar-refractivity contribution >= 4 is 5.97 Å². The molecular weight excluding hydrogens is 184 g/mol. The summed E-state index contributed by atoms with van der Waals surface area (Å²) in [7, 11) is 1.27. The number of aromatic nitrogens is 2. The van der Waals surface area contributed by atoms with Crippen molar-refractivity contribution in [3.8, 4) is 0 Å². The molecule has 14 heavy (non-hydrogen) atoms. The second-order valence-electron chi connectivity index (χ2n) is 3.18. The van der Waals surface area contributed by atoms with Crippen LogP contribution in [0.3, 0.4) is 0 Å². The van der Waals surface area contributed by atoms with Crippen molar-refractivity contribution in [3.63, 3.8) is 0 Å². The smallest absolute Gasteiger partial charge is 0.358 e. The summed E-state index contributed by atoms with van der Waals surface area (Å²) < 4.78 is 4.49. The first-order chi connectivity index (χ1) is 6.56. The van der Waals surface area contributed by atoms with Crippen LogP contribution in [0.1, 0.15) is 35.8 Å². The van der Waals surface area contributed by atoms with E-state index < -0.39 is 5.97 Å². The molecular formula is C9H12N2O3. The molecule has 0 amide bonds. The normalized spacial score (nSPS) is 10.3. The van der Waals surface area contributed by atoms with Crippen molar-refractivity contribution < 1.29 is 9.53 Å². The SMILES string of the molecule is COC(=O)c1cc(C(C)C)c(=O)[nH]n1. The van der Waals surface area contributed by atoms with E-state index in [-0.39, 0.29) is 17.2 Å². The molecule has 0 aromatic carbocycles. The maximum atomic E-state index is 11.3. The Balaban J connectivity index is 3.19. The molecule has 1 N–H and O–H groups in total. The fourth-order valence-corrected chi connectivity index (χ4v) is 1.06. The Labute approximate surface area is 81.1 Å². The van der Waals surface area contributed by atoms with Crippen LogP contribution in [0.2, 0.25) is 0 Å². The first-order valence-electron chi connectivity index (χ1n) is 4.24. The average Bonchev–Trinajstić information content (AvgIpc) is 2.17. The topological polar surface area (TPSA) is 72.1 Å². The van der Waals surface area contributed by atoms with Gasteiger partial charge in [0.1, 0.15) is 0 Å². The Morgan fingerprint density at radius 3 is 2.71 bits per heavy atom. The lowest BCUT2D eigenvalue weighted by atomic mass is 10.1. The van der Waals surface area contributed by atoms with Gasteiger partial charge in [0.25, 0.3) is 5.56 Å². The molecule has 5 heteroatoms. The molecule has 0 aliphatic carbocycles. The van der Waals surface area contributed by atoms with Crippen molar-refractivity contribution in [2.45, 2.75) is 19.8 Å². The van der Waals surface area contributed by atoms with Crippen LogP contribution in [-0.2, 0) is 4.74 Å². The van der Waals surface area contributed by atoms with Gasteiger partial charge in [-0.2, -0.15) is 5.10 Å². The number of ether oxygens (including phenoxy) is 1. The lowest BCUT2D eigenvalue weighted by Crippen LogP contribution is -2.19. The molecule has 0 aliphatic heterocycles. The number of carbonyl (C=O) groups excluding carboxylic acids is 1. The standard InChI is InChI=1S/C9H12N2O3/c1-5(2)6-4-7(9(13)14-3)10-11-8(6)12/h4-5H,1-3H3,(H,11,12). The molecule has 1 rings (SSSR count). The minimum atomic E-state index is -0.553. The third-order valence-corrected chi connectivity index (χ3v) is 1.85. The molecule has 0 spiro atoms. The minimum absolute atomic E-state index is 0.0464. The van der Waals surface area contributed by atoms with Crippen molar-refractivity contribution in [2.75, 3.05) is 7.11 Å². The number of nitrogens with zero attached hydrogens (tertiary/aromatic N) is 1. The van der Waals surface area contributed by atoms with Crippen LogP contribution in [-0.4, -0.2) is 23.3 Å². The van der Waals surface area contributed by atoms with E-state index in [9.17, 15) is 9.59 Å². The van der Waals surface area contributed by atoms with Gasteiger partial charge in [0.2, 0.25) is 0 Å². The molecule has 0 radical (unpaired) electrons. The Bertz CT molecular complexity index is 395. The summed E-state index contributed by atoms with van der Waals surface area (Å²) in [4.78, 5) is 22.3. The van der Waals surface area contributed by atoms with Gasteiger partial charge in [0.05, 0.1) is 7.11 Å². The second kappa shape index (κ2) is 4.04. The molecule has 1 aromatic heterocycles. The summed E-state index contributed by atoms with van der Waals surface area (Å²) in [6, 6.07) is 1.45. The van der Waals surface area contributed by atoms with Crippen LogP contribution in [0.15, 0.2) is 10.9 Å². The summed E-state index contributed by atoms with van der Waals surface area (Å²) in [5.74, 6) is -0.506. The third-order valence-electron chi connectivity index (χ3n) is 1.85. The number of methoxy groups -OCH3 is 1. The summed E-state index contributed by atoms with van der Waals surface area (Å²) in [5.41, 5.74) is 0.379. The van der Waals surface area contributed by atoms with Gasteiger partial charge in [0.15, 0.2) is 5.69 Å². The van der Waals surface area contributed by atoms with E-state index in [0.29, 0.717) is 5.56 Å². The Kier molecular flexibility index (Phi) is 3.01. The molecule has 1 heterocycles. The van der Waals surface area contributed by atoms with E-state index >= 15 is 0 Å². The number of carbonyl (C=O) groups is 1. The fourth-order valence-electron chi connectivity index (χ4n) is 1.06. The number of esters is 1. The number of hydrogen-bond acceptors (Lipinski definition) is 4. The van der Waals surface area contributed by atoms with Gasteiger partial charge in [0, 0.05) is 5.56 Å². The van der Waals surface area contributed by atoms with E-state index in [1.807, 2.05) is 13.8 Å². The van der Waals surface area contributed by atoms with Crippen LogP contribution in [0.25, 0.3) is 0 Å². The van der Waals surface area contributed by atoms with Gasteiger partial charge in [-0.1, -0.05) is 13.8 Å². The van der Waals surface area contributed by atoms with E-state index in [1.54, 1.807) is 0 Å². The first kappa shape index (κ1) is 10.4. The molecule has 0 fully saturated rings. The number of aromatic amines is 1. The molecule has 0 bridgehead atoms. The quantitative estimate of drug-likeness (QED) is 0.706. The summed E-state index contributed by atoms with van der Waals surface area (Å²) in [5, 5.41) is 5.84. The monoisotopic (exact) mass is 196 g/mol. The fraction of sp³-hybridized carbons (Fsp3) is 0.444. The zero-order valence-electron chi connectivity index (χ0n) is 8.33. The van der Waals surface area contributed by atoms with Crippen molar-refractivity contribution in [2.24, 2.45) is 0 Å². The molecule has 5 nitrogen and oxygen atoms in total. The third kappa shape index (κ3) is 1.99. The Morgan fingerprint density at radius 1 is 1.57 bits per heavy atom. The largest absolute Gasteiger partial charge is 0.464 e. The van der Waals surface area contributed by atoms with Crippen LogP contribution >= 0.6 is 0 Å². The Morgan fingerprint density at radius 2 is 2.21 bits per heavy atom. The number of rotatable bonds is 2. The molecule has 0 atom stereocenters. The highest BCUT2D eigenvalue weighted by Crippen LogP contribution is 2.09. The zero-order valence-corrected chi connectivity index (χ0v) is 8.33. The van der Waals surface area contributed by atoms with Gasteiger partial charge in [-0.15, -0.1) is 0 Å². The van der Waals surface area contributed by atoms with Gasteiger partial charge < -0.3 is 4.74 Å². The van der Waals surface area contributed by atoms with Gasteiger partial charge in [-0.05, 0) is 12.0 Å². The van der Waals surface area contributed by atoms with E-state index in [4.69, 9.17) is 0 Å². The highest BCUT2D eigenvalue weighted by atomic mass is 16.5. The maximum Gasteiger partial charge on any atom is 0.358 e. The van der Waals surface area contributed by atoms with Crippen LogP contribution in [0.4, 0.5) is 0 Å². The van der Waals surface area contributed by atoms with E-state index in [2.05, 4.69) is 14.9 Å². The van der Waals surface area contributed by atoms with E-state index in [1.165, 1.54) is 13.2 Å². The van der Waals surface area contributed by atoms with Crippen LogP contribution < -0.4 is 5.56 Å². The van der Waals surface area contributed by atoms with Gasteiger partial charge in [-0.3, -0.25) is 4.79 Å². The summed E-state index contributed by atoms with van der Waals surface area (Å²) in [6.07, 6.45) is 0. The lowest BCUT2D eigenvalue weighted by Gasteiger charge is -2.04. The molecule has 0 aliphatic rings. The molecule has 0 saturated heterocycles. The minimum Gasteiger partial charge on any atom is -0.464 e. The highest BCUT2D eigenvalue weighted by molar-refractivity contribution is 5.87. The van der Waals surface area contributed by atoms with E-state index in [0.717, 1.165) is 0 Å². The van der Waals surface area contributed by atoms with Gasteiger partial charge >= 0.3 is 5.97 Å². The summed E-state index contributed by atoms with van der Waals surface area (Å²) >= 11 is 0. The molecule has 1 aromatic rings. The van der Waals surface area contributed by atoms with Crippen LogP contribution in [0, 0.1) is 0 Å². The number of hydrogen-bond donors (Lipinski definition) is 1. The average molecular weight is 196 g/mol. The maximum absolute atomic E-state index is 11.3. The zero-order chi connectivity index (χ0) is 10.7. The van der Waals surface area contributed by atoms with Crippen LogP contribution in [0.5, 0.6) is 0 Å². The molecule has 76 valence electrons. The number of H-pyrrole nitrogens is 1. The van der Waals surface area contributed by atoms with Gasteiger partial charge in [-0.25, -0.2) is 9.89 Å². The second-order valence-corrected chi connectivity index (χ2v) is 3.18. The first-order valence-corrected chi connectivity index (χ1v) is 4.24. The molecule has 0 saturated carbocycles. The predicted octanol–water partition coefficient (Wildman–Crippen LogP) is 0.680. The lowest BCUT2D eigenvalue weighted by molar-refractivity contribution is 0.0592. The highest BCUT2D eigenvalue weighted by Gasteiger charge is 2.12. The predicted molar refractivity (Wildman–Crippen MR) is 50.3 cm³/mol. The number of nitrogens with one attached hydrogen (secondary N) is 1. The Hall–Kier alpha value is -1.65. The summed E-state index contributed by atoms with van der Waals surface area (Å²) in [6.45, 7) is 3.73. The van der Waals surface area contributed by atoms with Crippen molar-refractivity contribution in [3.05, 3.63) is 27.7 Å². The van der Waals surface area contributed by atoms with Crippen molar-refractivity contribution in [1.29, 1.82) is 0 Å². The van der Waals surface area contributed by atoms with Crippen molar-refractivity contribution in [1.82, 2.24) is 10.2 Å². The molecule has 0 unspecified atom stereocenters.